The maximum atomic E-state index is 12.4. The van der Waals surface area contributed by atoms with E-state index in [1.807, 2.05) is 16.3 Å². The Labute approximate surface area is 113 Å². The van der Waals surface area contributed by atoms with Crippen LogP contribution in [0.4, 0.5) is 0 Å². The van der Waals surface area contributed by atoms with Gasteiger partial charge < -0.3 is 10.2 Å². The monoisotopic (exact) mass is 314 g/mol. The average Bonchev–Trinajstić information content (AvgIpc) is 2.93. The average molecular weight is 315 g/mol. The lowest BCUT2D eigenvalue weighted by Crippen LogP contribution is -2.41. The Kier molecular flexibility index (Phi) is 3.23. The molecule has 2 aliphatic rings. The van der Waals surface area contributed by atoms with Gasteiger partial charge in [-0.05, 0) is 52.7 Å². The highest BCUT2D eigenvalue weighted by molar-refractivity contribution is 9.10. The maximum absolute atomic E-state index is 12.4. The molecular weight excluding hydrogens is 300 g/mol. The zero-order valence-corrected chi connectivity index (χ0v) is 11.9. The first kappa shape index (κ1) is 11.7. The van der Waals surface area contributed by atoms with E-state index in [9.17, 15) is 4.79 Å². The summed E-state index contributed by atoms with van der Waals surface area (Å²) in [6.45, 7) is 2.89. The van der Waals surface area contributed by atoms with Gasteiger partial charge in [0.05, 0.1) is 0 Å². The molecule has 2 aliphatic heterocycles. The van der Waals surface area contributed by atoms with Crippen molar-refractivity contribution in [2.45, 2.75) is 18.9 Å². The van der Waals surface area contributed by atoms with Crippen LogP contribution in [-0.4, -0.2) is 36.5 Å². The van der Waals surface area contributed by atoms with Gasteiger partial charge in [0.25, 0.3) is 5.91 Å². The molecule has 0 aromatic carbocycles. The number of nitrogens with zero attached hydrogens (tertiary/aromatic N) is 1. The van der Waals surface area contributed by atoms with Crippen LogP contribution in [-0.2, 0) is 0 Å². The summed E-state index contributed by atoms with van der Waals surface area (Å²) in [7, 11) is 0. The summed E-state index contributed by atoms with van der Waals surface area (Å²) in [5.41, 5.74) is 0. The molecule has 92 valence electrons. The lowest BCUT2D eigenvalue weighted by molar-refractivity contribution is 0.0789. The summed E-state index contributed by atoms with van der Waals surface area (Å²) in [5.74, 6) is 0.842. The first-order valence-electron chi connectivity index (χ1n) is 6.01. The fourth-order valence-corrected chi connectivity index (χ4v) is 4.31. The van der Waals surface area contributed by atoms with Crippen LogP contribution in [0.1, 0.15) is 22.5 Å². The van der Waals surface area contributed by atoms with Crippen LogP contribution in [0.5, 0.6) is 0 Å². The van der Waals surface area contributed by atoms with E-state index in [0.29, 0.717) is 12.0 Å². The van der Waals surface area contributed by atoms with Crippen LogP contribution >= 0.6 is 27.3 Å². The molecule has 1 aromatic heterocycles. The molecule has 0 bridgehead atoms. The molecule has 2 atom stereocenters. The first-order valence-corrected chi connectivity index (χ1v) is 7.68. The molecule has 0 aliphatic carbocycles. The Morgan fingerprint density at radius 2 is 2.41 bits per heavy atom. The largest absolute Gasteiger partial charge is 0.336 e. The number of fused-ring (bicyclic) bond motifs is 1. The third-order valence-corrected chi connectivity index (χ3v) is 5.52. The van der Waals surface area contributed by atoms with Gasteiger partial charge in [0.15, 0.2) is 0 Å². The fraction of sp³-hybridized carbons (Fsp3) is 0.583. The summed E-state index contributed by atoms with van der Waals surface area (Å²) in [5, 5.41) is 5.48. The minimum absolute atomic E-state index is 0.183. The van der Waals surface area contributed by atoms with Crippen molar-refractivity contribution in [3.8, 4) is 0 Å². The molecule has 1 amide bonds. The fourth-order valence-electron chi connectivity index (χ4n) is 2.80. The van der Waals surface area contributed by atoms with Gasteiger partial charge in [0.1, 0.15) is 4.88 Å². The number of piperidine rings is 1. The van der Waals surface area contributed by atoms with E-state index in [1.165, 1.54) is 24.2 Å². The second kappa shape index (κ2) is 4.71. The van der Waals surface area contributed by atoms with Crippen LogP contribution in [0.15, 0.2) is 15.9 Å². The molecule has 2 fully saturated rings. The van der Waals surface area contributed by atoms with Crippen molar-refractivity contribution in [1.82, 2.24) is 10.2 Å². The number of hydrogen-bond donors (Lipinski definition) is 1. The molecule has 1 aromatic rings. The van der Waals surface area contributed by atoms with Crippen LogP contribution in [0, 0.1) is 5.92 Å². The molecular formula is C12H15BrN2OS. The van der Waals surface area contributed by atoms with Gasteiger partial charge in [-0.25, -0.2) is 0 Å². The van der Waals surface area contributed by atoms with Gasteiger partial charge in [-0.2, -0.15) is 0 Å². The standard InChI is InChI=1S/C12H15BrN2OS/c13-9-3-5-17-11(9)12(16)15-6-8-2-1-4-14-10(8)7-15/h3,5,8,10,14H,1-2,4,6-7H2/t8-,10+/m0/s1. The third kappa shape index (κ3) is 2.16. The van der Waals surface area contributed by atoms with Crippen molar-refractivity contribution in [3.05, 3.63) is 20.8 Å². The number of carbonyl (C=O) groups is 1. The van der Waals surface area contributed by atoms with Crippen molar-refractivity contribution in [2.24, 2.45) is 5.92 Å². The van der Waals surface area contributed by atoms with E-state index in [1.54, 1.807) is 0 Å². The summed E-state index contributed by atoms with van der Waals surface area (Å²) < 4.78 is 0.926. The van der Waals surface area contributed by atoms with Crippen LogP contribution < -0.4 is 5.32 Å². The number of hydrogen-bond acceptors (Lipinski definition) is 3. The minimum Gasteiger partial charge on any atom is -0.336 e. The van der Waals surface area contributed by atoms with Gasteiger partial charge in [0.2, 0.25) is 0 Å². The molecule has 0 spiro atoms. The highest BCUT2D eigenvalue weighted by atomic mass is 79.9. The minimum atomic E-state index is 0.183. The number of carbonyl (C=O) groups excluding carboxylic acids is 1. The highest BCUT2D eigenvalue weighted by Crippen LogP contribution is 2.29. The highest BCUT2D eigenvalue weighted by Gasteiger charge is 2.37. The number of nitrogens with one attached hydrogen (secondary N) is 1. The molecule has 5 heteroatoms. The Hall–Kier alpha value is -0.390. The Morgan fingerprint density at radius 1 is 1.53 bits per heavy atom. The van der Waals surface area contributed by atoms with E-state index in [2.05, 4.69) is 21.2 Å². The smallest absolute Gasteiger partial charge is 0.265 e. The number of halogens is 1. The quantitative estimate of drug-likeness (QED) is 0.863. The Bertz CT molecular complexity index is 420. The van der Waals surface area contributed by atoms with E-state index < -0.39 is 0 Å². The molecule has 0 saturated carbocycles. The topological polar surface area (TPSA) is 32.3 Å². The SMILES string of the molecule is O=C(c1sccc1Br)N1C[C@@H]2CCCN[C@@H]2C1. The lowest BCUT2D eigenvalue weighted by Gasteiger charge is -2.24. The Morgan fingerprint density at radius 3 is 3.12 bits per heavy atom. The van der Waals surface area contributed by atoms with E-state index in [0.717, 1.165) is 29.0 Å². The molecule has 3 nitrogen and oxygen atoms in total. The number of likely N-dealkylation sites (tertiary alicyclic amines) is 1. The molecule has 0 unspecified atom stereocenters. The van der Waals surface area contributed by atoms with Gasteiger partial charge in [-0.3, -0.25) is 4.79 Å². The molecule has 3 rings (SSSR count). The first-order chi connectivity index (χ1) is 8.25. The number of thiophene rings is 1. The summed E-state index contributed by atoms with van der Waals surface area (Å²) >= 11 is 4.96. The van der Waals surface area contributed by atoms with Crippen molar-refractivity contribution >= 4 is 33.2 Å². The van der Waals surface area contributed by atoms with Crippen molar-refractivity contribution in [1.29, 1.82) is 0 Å². The van der Waals surface area contributed by atoms with Gasteiger partial charge in [-0.1, -0.05) is 0 Å². The summed E-state index contributed by atoms with van der Waals surface area (Å²) in [6, 6.07) is 2.46. The van der Waals surface area contributed by atoms with Crippen LogP contribution in [0.25, 0.3) is 0 Å². The molecule has 0 radical (unpaired) electrons. The maximum Gasteiger partial charge on any atom is 0.265 e. The van der Waals surface area contributed by atoms with E-state index in [-0.39, 0.29) is 5.91 Å². The molecule has 17 heavy (non-hydrogen) atoms. The molecule has 1 N–H and O–H groups in total. The van der Waals surface area contributed by atoms with Crippen molar-refractivity contribution in [2.75, 3.05) is 19.6 Å². The second-order valence-electron chi connectivity index (χ2n) is 4.77. The molecule has 3 heterocycles. The van der Waals surface area contributed by atoms with Gasteiger partial charge in [-0.15, -0.1) is 11.3 Å². The summed E-state index contributed by atoms with van der Waals surface area (Å²) in [4.78, 5) is 15.2. The zero-order valence-electron chi connectivity index (χ0n) is 9.49. The number of rotatable bonds is 1. The Balaban J connectivity index is 1.74. The predicted molar refractivity (Wildman–Crippen MR) is 72.4 cm³/mol. The number of amides is 1. The summed E-state index contributed by atoms with van der Waals surface area (Å²) in [6.07, 6.45) is 2.50. The second-order valence-corrected chi connectivity index (χ2v) is 6.54. The van der Waals surface area contributed by atoms with E-state index in [4.69, 9.17) is 0 Å². The van der Waals surface area contributed by atoms with Crippen LogP contribution in [0.3, 0.4) is 0 Å². The normalized spacial score (nSPS) is 28.2. The van der Waals surface area contributed by atoms with E-state index >= 15 is 0 Å². The van der Waals surface area contributed by atoms with Crippen molar-refractivity contribution in [3.63, 3.8) is 0 Å². The zero-order chi connectivity index (χ0) is 11.8. The third-order valence-electron chi connectivity index (χ3n) is 3.70. The van der Waals surface area contributed by atoms with Crippen molar-refractivity contribution < 1.29 is 4.79 Å². The van der Waals surface area contributed by atoms with Crippen LogP contribution in [0.2, 0.25) is 0 Å². The lowest BCUT2D eigenvalue weighted by atomic mass is 9.94. The molecule has 2 saturated heterocycles. The van der Waals surface area contributed by atoms with Gasteiger partial charge >= 0.3 is 0 Å². The van der Waals surface area contributed by atoms with Gasteiger partial charge in [0, 0.05) is 23.6 Å². The predicted octanol–water partition coefficient (Wildman–Crippen LogP) is 2.33.